The van der Waals surface area contributed by atoms with Gasteiger partial charge >= 0.3 is 6.09 Å². The van der Waals surface area contributed by atoms with E-state index in [1.807, 2.05) is 0 Å². The van der Waals surface area contributed by atoms with Crippen LogP contribution in [0.1, 0.15) is 41.7 Å². The quantitative estimate of drug-likeness (QED) is 0.701. The van der Waals surface area contributed by atoms with Gasteiger partial charge in [0.05, 0.1) is 6.61 Å². The predicted octanol–water partition coefficient (Wildman–Crippen LogP) is 1.73. The Morgan fingerprint density at radius 3 is 2.67 bits per heavy atom. The second-order valence-electron chi connectivity index (χ2n) is 4.15. The van der Waals surface area contributed by atoms with Crippen LogP contribution in [0.3, 0.4) is 0 Å². The van der Waals surface area contributed by atoms with Crippen molar-refractivity contribution in [1.82, 2.24) is 4.90 Å². The maximum absolute atomic E-state index is 11.8. The van der Waals surface area contributed by atoms with E-state index in [1.165, 1.54) is 6.92 Å². The second-order valence-corrected chi connectivity index (χ2v) is 4.15. The number of ketones is 1. The molecule has 0 spiro atoms. The Morgan fingerprint density at radius 2 is 2.13 bits per heavy atom. The molecule has 0 saturated carbocycles. The highest BCUT2D eigenvalue weighted by Gasteiger charge is 2.43. The molecule has 2 aliphatic heterocycles. The Balaban J connectivity index is 1.94. The molecule has 0 aliphatic carbocycles. The number of hydrogen-bond acceptors (Lipinski definition) is 3. The Bertz CT molecular complexity index is 324. The molecule has 2 fully saturated rings. The lowest BCUT2D eigenvalue weighted by Crippen LogP contribution is -2.47. The molecule has 2 bridgehead atoms. The van der Waals surface area contributed by atoms with Crippen LogP contribution in [-0.2, 0) is 9.53 Å². The molecule has 2 aliphatic rings. The molecular weight excluding hydrogens is 194 g/mol. The number of hydrogen-bond donors (Lipinski definition) is 0. The van der Waals surface area contributed by atoms with E-state index < -0.39 is 12.5 Å². The molecule has 2 heterocycles. The van der Waals surface area contributed by atoms with Crippen molar-refractivity contribution < 1.29 is 17.1 Å². The summed E-state index contributed by atoms with van der Waals surface area (Å²) in [5, 5.41) is 0. The zero-order chi connectivity index (χ0) is 12.6. The Labute approximate surface area is 92.4 Å². The van der Waals surface area contributed by atoms with Gasteiger partial charge in [0.15, 0.2) is 0 Å². The first kappa shape index (κ1) is 8.13. The van der Waals surface area contributed by atoms with Gasteiger partial charge in [0.2, 0.25) is 0 Å². The molecule has 0 radical (unpaired) electrons. The molecule has 15 heavy (non-hydrogen) atoms. The van der Waals surface area contributed by atoms with Crippen LogP contribution < -0.4 is 0 Å². The third-order valence-corrected chi connectivity index (χ3v) is 3.10. The van der Waals surface area contributed by atoms with Crippen LogP contribution in [0, 0.1) is 0 Å². The zero-order valence-electron chi connectivity index (χ0n) is 10.9. The Morgan fingerprint density at radius 1 is 1.53 bits per heavy atom. The summed E-state index contributed by atoms with van der Waals surface area (Å²) in [7, 11) is 0. The summed E-state index contributed by atoms with van der Waals surface area (Å²) in [6.45, 7) is 1.13. The van der Waals surface area contributed by atoms with Crippen molar-refractivity contribution in [3.05, 3.63) is 0 Å². The van der Waals surface area contributed by atoms with Crippen LogP contribution in [0.4, 0.5) is 4.79 Å². The summed E-state index contributed by atoms with van der Waals surface area (Å²) in [5.41, 5.74) is 0. The number of piperidine rings is 1. The summed E-state index contributed by atoms with van der Waals surface area (Å²) < 4.78 is 19.6. The largest absolute Gasteiger partial charge is 0.449 e. The first-order valence-electron chi connectivity index (χ1n) is 6.33. The van der Waals surface area contributed by atoms with Crippen LogP contribution in [0.25, 0.3) is 0 Å². The van der Waals surface area contributed by atoms with Crippen LogP contribution in [0.15, 0.2) is 0 Å². The number of fused-ring (bicyclic) bond motifs is 2. The van der Waals surface area contributed by atoms with Crippen molar-refractivity contribution in [3.8, 4) is 0 Å². The minimum Gasteiger partial charge on any atom is -0.449 e. The number of rotatable bonds is 2. The van der Waals surface area contributed by atoms with Crippen molar-refractivity contribution in [1.29, 1.82) is 0 Å². The van der Waals surface area contributed by atoms with E-state index in [0.717, 1.165) is 12.8 Å². The van der Waals surface area contributed by atoms with Crippen molar-refractivity contribution in [2.75, 3.05) is 6.61 Å². The second kappa shape index (κ2) is 4.21. The smallest absolute Gasteiger partial charge is 0.410 e. The van der Waals surface area contributed by atoms with E-state index in [0.29, 0.717) is 12.8 Å². The number of ether oxygens (including phenoxy) is 1. The van der Waals surface area contributed by atoms with Crippen LogP contribution >= 0.6 is 0 Å². The maximum atomic E-state index is 11.8. The average Bonchev–Trinajstić information content (AvgIpc) is 2.47. The monoisotopic (exact) mass is 213 g/mol. The standard InChI is InChI=1S/C11H17NO3/c1-2-5-15-11(14)12-8-3-4-9(12)7-10(13)6-8/h8-9H,2-7H2,1H3/i2D2. The fraction of sp³-hybridized carbons (Fsp3) is 0.818. The van der Waals surface area contributed by atoms with Crippen molar-refractivity contribution in [3.63, 3.8) is 0 Å². The molecule has 84 valence electrons. The van der Waals surface area contributed by atoms with Gasteiger partial charge in [-0.3, -0.25) is 4.79 Å². The van der Waals surface area contributed by atoms with Gasteiger partial charge < -0.3 is 9.64 Å². The van der Waals surface area contributed by atoms with E-state index in [1.54, 1.807) is 4.90 Å². The molecule has 2 atom stereocenters. The highest BCUT2D eigenvalue weighted by atomic mass is 16.6. The van der Waals surface area contributed by atoms with Crippen LogP contribution in [-0.4, -0.2) is 35.5 Å². The minimum atomic E-state index is -1.51. The van der Waals surface area contributed by atoms with Gasteiger partial charge in [0.25, 0.3) is 0 Å². The minimum absolute atomic E-state index is 0.0310. The van der Waals surface area contributed by atoms with E-state index in [2.05, 4.69) is 0 Å². The topological polar surface area (TPSA) is 46.6 Å². The van der Waals surface area contributed by atoms with Gasteiger partial charge in [-0.1, -0.05) is 6.92 Å². The lowest BCUT2D eigenvalue weighted by Gasteiger charge is -2.32. The summed E-state index contributed by atoms with van der Waals surface area (Å²) in [5.74, 6) is 0.215. The number of carbonyl (C=O) groups excluding carboxylic acids is 2. The van der Waals surface area contributed by atoms with Crippen molar-refractivity contribution in [2.24, 2.45) is 0 Å². The first-order valence-corrected chi connectivity index (χ1v) is 5.33. The van der Waals surface area contributed by atoms with E-state index in [9.17, 15) is 9.59 Å². The van der Waals surface area contributed by atoms with Gasteiger partial charge in [-0.25, -0.2) is 4.79 Å². The van der Waals surface area contributed by atoms with Gasteiger partial charge in [-0.2, -0.15) is 0 Å². The summed E-state index contributed by atoms with van der Waals surface area (Å²) in [6.07, 6.45) is 0.556. The maximum Gasteiger partial charge on any atom is 0.410 e. The molecule has 2 saturated heterocycles. The van der Waals surface area contributed by atoms with E-state index in [4.69, 9.17) is 7.48 Å². The highest BCUT2D eigenvalue weighted by Crippen LogP contribution is 2.34. The van der Waals surface area contributed by atoms with E-state index in [-0.39, 0.29) is 24.5 Å². The SMILES string of the molecule is [2H]C([2H])(C)COC(=O)N1C2CCC1CC(=O)C2. The van der Waals surface area contributed by atoms with E-state index >= 15 is 0 Å². The fourth-order valence-corrected chi connectivity index (χ4v) is 2.48. The molecule has 2 rings (SSSR count). The highest BCUT2D eigenvalue weighted by molar-refractivity contribution is 5.83. The molecule has 0 aromatic rings. The molecule has 0 aromatic heterocycles. The molecule has 4 heteroatoms. The summed E-state index contributed by atoms with van der Waals surface area (Å²) in [6, 6.07) is -0.0621. The zero-order valence-corrected chi connectivity index (χ0v) is 8.86. The lowest BCUT2D eigenvalue weighted by atomic mass is 10.0. The van der Waals surface area contributed by atoms with Crippen molar-refractivity contribution in [2.45, 2.75) is 51.1 Å². The molecule has 0 aromatic carbocycles. The number of carbonyl (C=O) groups is 2. The lowest BCUT2D eigenvalue weighted by molar-refractivity contribution is -0.123. The van der Waals surface area contributed by atoms with Crippen LogP contribution in [0.2, 0.25) is 0 Å². The first-order chi connectivity index (χ1) is 7.87. The normalized spacial score (nSPS) is 32.3. The number of Topliss-reactive ketones (excluding diaryl/α,β-unsaturated/α-hetero) is 1. The average molecular weight is 213 g/mol. The van der Waals surface area contributed by atoms with Gasteiger partial charge in [-0.05, 0) is 19.2 Å². The van der Waals surface area contributed by atoms with Gasteiger partial charge in [0.1, 0.15) is 5.78 Å². The Hall–Kier alpha value is -1.06. The third kappa shape index (κ3) is 1.98. The Kier molecular flexibility index (Phi) is 2.28. The van der Waals surface area contributed by atoms with Gasteiger partial charge in [-0.15, -0.1) is 0 Å². The van der Waals surface area contributed by atoms with Crippen LogP contribution in [0.5, 0.6) is 0 Å². The molecule has 2 unspecified atom stereocenters. The van der Waals surface area contributed by atoms with Crippen molar-refractivity contribution >= 4 is 11.9 Å². The molecule has 1 amide bonds. The third-order valence-electron chi connectivity index (χ3n) is 3.10. The molecule has 0 N–H and O–H groups in total. The summed E-state index contributed by atoms with van der Waals surface area (Å²) >= 11 is 0. The number of nitrogens with zero attached hydrogens (tertiary/aromatic N) is 1. The van der Waals surface area contributed by atoms with Gasteiger partial charge in [0, 0.05) is 27.7 Å². The molecular formula is C11H17NO3. The fourth-order valence-electron chi connectivity index (χ4n) is 2.48. The number of amides is 1. The predicted molar refractivity (Wildman–Crippen MR) is 54.5 cm³/mol. The molecule has 4 nitrogen and oxygen atoms in total. The summed E-state index contributed by atoms with van der Waals surface area (Å²) in [4.78, 5) is 24.8.